The van der Waals surface area contributed by atoms with Gasteiger partial charge in [-0.1, -0.05) is 29.4 Å². The van der Waals surface area contributed by atoms with Gasteiger partial charge in [0.1, 0.15) is 5.92 Å². The third-order valence-corrected chi connectivity index (χ3v) is 3.78. The van der Waals surface area contributed by atoms with E-state index in [9.17, 15) is 4.79 Å². The Morgan fingerprint density at radius 3 is 2.95 bits per heavy atom. The molecule has 0 aliphatic heterocycles. The van der Waals surface area contributed by atoms with E-state index in [-0.39, 0.29) is 22.5 Å². The number of hydrogen-bond donors (Lipinski definition) is 1. The molecule has 1 aromatic heterocycles. The van der Waals surface area contributed by atoms with Crippen molar-refractivity contribution in [2.75, 3.05) is 5.75 Å². The first-order valence-corrected chi connectivity index (χ1v) is 7.57. The second-order valence-corrected chi connectivity index (χ2v) is 5.75. The number of carbonyl (C=O) groups is 1. The maximum Gasteiger partial charge on any atom is 0.277 e. The minimum Gasteiger partial charge on any atom is -0.411 e. The Kier molecular flexibility index (Phi) is 5.31. The molecular weight excluding hydrogens is 324 g/mol. The highest BCUT2D eigenvalue weighted by molar-refractivity contribution is 7.99. The number of nitrogens with zero attached hydrogens (tertiary/aromatic N) is 3. The molecule has 8 heteroatoms. The molecule has 0 radical (unpaired) electrons. The van der Waals surface area contributed by atoms with Crippen molar-refractivity contribution in [1.82, 2.24) is 10.2 Å². The normalized spacial score (nSPS) is 11.7. The van der Waals surface area contributed by atoms with Gasteiger partial charge in [0.25, 0.3) is 5.22 Å². The van der Waals surface area contributed by atoms with Gasteiger partial charge in [-0.25, -0.2) is 0 Å². The molecule has 1 atom stereocenters. The zero-order chi connectivity index (χ0) is 16.1. The monoisotopic (exact) mass is 334 g/mol. The van der Waals surface area contributed by atoms with Crippen LogP contribution in [0.5, 0.6) is 0 Å². The number of nitrogens with one attached hydrogen (secondary N) is 1. The van der Waals surface area contributed by atoms with Crippen LogP contribution in [-0.2, 0) is 4.79 Å². The van der Waals surface area contributed by atoms with Crippen LogP contribution in [-0.4, -0.2) is 27.4 Å². The van der Waals surface area contributed by atoms with Crippen LogP contribution < -0.4 is 0 Å². The highest BCUT2D eigenvalue weighted by Gasteiger charge is 2.21. The average Bonchev–Trinajstić information content (AvgIpc) is 2.94. The smallest absolute Gasteiger partial charge is 0.277 e. The van der Waals surface area contributed by atoms with Crippen molar-refractivity contribution >= 4 is 34.9 Å². The molecule has 22 heavy (non-hydrogen) atoms. The fraction of sp³-hybridized carbons (Fsp3) is 0.214. The number of aromatic nitrogens is 2. The molecule has 0 aliphatic rings. The standard InChI is InChI=1S/C14H11ClN4O2S/c1-8(17)11(6-16)12(20)7-22-14-19-18-13(21-14)9-3-2-4-10(15)5-9/h2-5,11,17H,7H2,1H3. The highest BCUT2D eigenvalue weighted by Crippen LogP contribution is 2.25. The van der Waals surface area contributed by atoms with Crippen molar-refractivity contribution in [3.63, 3.8) is 0 Å². The van der Waals surface area contributed by atoms with E-state index >= 15 is 0 Å². The Balaban J connectivity index is 2.03. The minimum absolute atomic E-state index is 0.00831. The summed E-state index contributed by atoms with van der Waals surface area (Å²) >= 11 is 6.93. The number of rotatable bonds is 6. The van der Waals surface area contributed by atoms with Crippen molar-refractivity contribution < 1.29 is 9.21 Å². The Hall–Kier alpha value is -2.17. The van der Waals surface area contributed by atoms with Gasteiger partial charge >= 0.3 is 0 Å². The summed E-state index contributed by atoms with van der Waals surface area (Å²) in [5.74, 6) is -1.09. The molecule has 0 saturated carbocycles. The van der Waals surface area contributed by atoms with Crippen LogP contribution in [0.15, 0.2) is 33.9 Å². The third-order valence-electron chi connectivity index (χ3n) is 2.70. The van der Waals surface area contributed by atoms with Gasteiger partial charge in [-0.2, -0.15) is 5.26 Å². The molecule has 2 aromatic rings. The zero-order valence-corrected chi connectivity index (χ0v) is 13.1. The van der Waals surface area contributed by atoms with Crippen LogP contribution in [0, 0.1) is 22.7 Å². The van der Waals surface area contributed by atoms with Crippen LogP contribution in [0.4, 0.5) is 0 Å². The lowest BCUT2D eigenvalue weighted by atomic mass is 10.0. The molecule has 1 heterocycles. The number of thioether (sulfide) groups is 1. The first-order chi connectivity index (χ1) is 10.5. The summed E-state index contributed by atoms with van der Waals surface area (Å²) < 4.78 is 5.44. The summed E-state index contributed by atoms with van der Waals surface area (Å²) in [5, 5.41) is 24.8. The number of nitriles is 1. The lowest BCUT2D eigenvalue weighted by Gasteiger charge is -2.03. The van der Waals surface area contributed by atoms with E-state index in [0.717, 1.165) is 11.8 Å². The molecule has 1 N–H and O–H groups in total. The molecule has 0 aliphatic carbocycles. The van der Waals surface area contributed by atoms with Crippen LogP contribution in [0.25, 0.3) is 11.5 Å². The highest BCUT2D eigenvalue weighted by atomic mass is 35.5. The number of ketones is 1. The van der Waals surface area contributed by atoms with Gasteiger partial charge < -0.3 is 9.83 Å². The number of Topliss-reactive ketones (excluding diaryl/α,β-unsaturated/α-hetero) is 1. The predicted molar refractivity (Wildman–Crippen MR) is 83.0 cm³/mol. The Labute approximate surface area is 136 Å². The Morgan fingerprint density at radius 1 is 1.55 bits per heavy atom. The van der Waals surface area contributed by atoms with Gasteiger partial charge in [-0.15, -0.1) is 10.2 Å². The van der Waals surface area contributed by atoms with Crippen LogP contribution >= 0.6 is 23.4 Å². The molecule has 0 amide bonds. The number of benzene rings is 1. The van der Waals surface area contributed by atoms with Crippen LogP contribution in [0.3, 0.4) is 0 Å². The van der Waals surface area contributed by atoms with Gasteiger partial charge in [-0.05, 0) is 25.1 Å². The lowest BCUT2D eigenvalue weighted by molar-refractivity contribution is -0.117. The van der Waals surface area contributed by atoms with E-state index in [1.54, 1.807) is 30.3 Å². The quantitative estimate of drug-likeness (QED) is 0.642. The molecule has 1 unspecified atom stereocenters. The summed E-state index contributed by atoms with van der Waals surface area (Å²) in [5.41, 5.74) is 0.710. The summed E-state index contributed by atoms with van der Waals surface area (Å²) in [6.45, 7) is 1.43. The molecule has 0 saturated heterocycles. The molecule has 0 spiro atoms. The molecule has 6 nitrogen and oxygen atoms in total. The molecule has 0 bridgehead atoms. The lowest BCUT2D eigenvalue weighted by Crippen LogP contribution is -2.21. The maximum atomic E-state index is 11.8. The fourth-order valence-electron chi connectivity index (χ4n) is 1.63. The van der Waals surface area contributed by atoms with Crippen molar-refractivity contribution in [2.24, 2.45) is 5.92 Å². The molecule has 1 aromatic carbocycles. The van der Waals surface area contributed by atoms with Crippen molar-refractivity contribution in [3.05, 3.63) is 29.3 Å². The van der Waals surface area contributed by atoms with Crippen molar-refractivity contribution in [3.8, 4) is 17.5 Å². The third kappa shape index (κ3) is 3.93. The van der Waals surface area contributed by atoms with Gasteiger partial charge in [-0.3, -0.25) is 4.79 Å². The molecule has 0 fully saturated rings. The summed E-state index contributed by atoms with van der Waals surface area (Å²) in [6, 6.07) is 8.78. The largest absolute Gasteiger partial charge is 0.411 e. The van der Waals surface area contributed by atoms with Crippen LogP contribution in [0.1, 0.15) is 6.92 Å². The number of hydrogen-bond acceptors (Lipinski definition) is 7. The SMILES string of the molecule is CC(=N)C(C#N)C(=O)CSc1nnc(-c2cccc(Cl)c2)o1. The first kappa shape index (κ1) is 16.2. The van der Waals surface area contributed by atoms with Gasteiger partial charge in [0.15, 0.2) is 5.78 Å². The second kappa shape index (κ2) is 7.20. The Bertz CT molecular complexity index is 753. The van der Waals surface area contributed by atoms with E-state index in [4.69, 9.17) is 26.7 Å². The van der Waals surface area contributed by atoms with E-state index in [1.807, 2.05) is 0 Å². The molecular formula is C14H11ClN4O2S. The first-order valence-electron chi connectivity index (χ1n) is 6.21. The van der Waals surface area contributed by atoms with E-state index in [0.29, 0.717) is 16.5 Å². The summed E-state index contributed by atoms with van der Waals surface area (Å²) in [7, 11) is 0. The molecule has 2 rings (SSSR count). The minimum atomic E-state index is -1.03. The summed E-state index contributed by atoms with van der Waals surface area (Å²) in [4.78, 5) is 11.8. The van der Waals surface area contributed by atoms with E-state index in [2.05, 4.69) is 10.2 Å². The maximum absolute atomic E-state index is 11.8. The summed E-state index contributed by atoms with van der Waals surface area (Å²) in [6.07, 6.45) is 0. The Morgan fingerprint density at radius 2 is 2.32 bits per heavy atom. The number of carbonyl (C=O) groups excluding carboxylic acids is 1. The van der Waals surface area contributed by atoms with Gasteiger partial charge in [0.05, 0.1) is 11.8 Å². The average molecular weight is 335 g/mol. The van der Waals surface area contributed by atoms with Crippen molar-refractivity contribution in [1.29, 1.82) is 10.7 Å². The predicted octanol–water partition coefficient (Wildman–Crippen LogP) is 3.23. The van der Waals surface area contributed by atoms with Crippen LogP contribution in [0.2, 0.25) is 5.02 Å². The van der Waals surface area contributed by atoms with Gasteiger partial charge in [0, 0.05) is 16.3 Å². The zero-order valence-electron chi connectivity index (χ0n) is 11.5. The topological polar surface area (TPSA) is 104 Å². The molecule has 112 valence electrons. The fourth-order valence-corrected chi connectivity index (χ4v) is 2.49. The second-order valence-electron chi connectivity index (χ2n) is 4.38. The van der Waals surface area contributed by atoms with Crippen molar-refractivity contribution in [2.45, 2.75) is 12.1 Å². The number of halogens is 1. The van der Waals surface area contributed by atoms with E-state index < -0.39 is 5.92 Å². The van der Waals surface area contributed by atoms with E-state index in [1.165, 1.54) is 6.92 Å². The van der Waals surface area contributed by atoms with Gasteiger partial charge in [0.2, 0.25) is 5.89 Å².